The third-order valence-corrected chi connectivity index (χ3v) is 3.26. The van der Waals surface area contributed by atoms with Crippen molar-refractivity contribution in [3.8, 4) is 0 Å². The van der Waals surface area contributed by atoms with Crippen molar-refractivity contribution in [1.29, 1.82) is 0 Å². The molecule has 2 nitrogen and oxygen atoms in total. The topological polar surface area (TPSA) is 12.5 Å². The Morgan fingerprint density at radius 2 is 1.88 bits per heavy atom. The molecule has 0 spiro atoms. The molecule has 0 saturated carbocycles. The first kappa shape index (κ1) is 12.5. The normalized spacial score (nSPS) is 22.7. The van der Waals surface area contributed by atoms with Crippen LogP contribution in [0.5, 0.6) is 0 Å². The second-order valence-electron chi connectivity index (χ2n) is 5.53. The predicted octanol–water partition coefficient (Wildman–Crippen LogP) is 3.00. The van der Waals surface area contributed by atoms with Crippen LogP contribution in [0.1, 0.15) is 32.4 Å². The van der Waals surface area contributed by atoms with Crippen LogP contribution in [-0.4, -0.2) is 30.1 Å². The van der Waals surface area contributed by atoms with Gasteiger partial charge in [0.1, 0.15) is 5.82 Å². The highest BCUT2D eigenvalue weighted by Gasteiger charge is 2.28. The zero-order valence-corrected chi connectivity index (χ0v) is 10.7. The molecule has 17 heavy (non-hydrogen) atoms. The number of ether oxygens (including phenoxy) is 1. The SMILES string of the molecule is CC(C)(C)N1CCO[C@@H](c2ccc(F)cc2)C1. The minimum Gasteiger partial charge on any atom is -0.371 e. The minimum absolute atomic E-state index is 0.0589. The Hall–Kier alpha value is -0.930. The van der Waals surface area contributed by atoms with Gasteiger partial charge in [-0.15, -0.1) is 0 Å². The van der Waals surface area contributed by atoms with Crippen LogP contribution in [-0.2, 0) is 4.74 Å². The highest BCUT2D eigenvalue weighted by molar-refractivity contribution is 5.19. The predicted molar refractivity (Wildman–Crippen MR) is 66.4 cm³/mol. The molecule has 0 aliphatic carbocycles. The second-order valence-corrected chi connectivity index (χ2v) is 5.53. The number of benzene rings is 1. The fourth-order valence-electron chi connectivity index (χ4n) is 2.14. The lowest BCUT2D eigenvalue weighted by molar-refractivity contribution is -0.0596. The first-order valence-electron chi connectivity index (χ1n) is 6.09. The second kappa shape index (κ2) is 4.75. The molecule has 0 amide bonds. The Kier molecular flexibility index (Phi) is 3.50. The summed E-state index contributed by atoms with van der Waals surface area (Å²) in [6, 6.07) is 6.61. The number of nitrogens with zero attached hydrogens (tertiary/aromatic N) is 1. The first-order chi connectivity index (χ1) is 7.97. The summed E-state index contributed by atoms with van der Waals surface area (Å²) in [7, 11) is 0. The fourth-order valence-corrected chi connectivity index (χ4v) is 2.14. The molecule has 0 radical (unpaired) electrons. The maximum Gasteiger partial charge on any atom is 0.123 e. The molecule has 1 atom stereocenters. The number of hydrogen-bond donors (Lipinski definition) is 0. The molecule has 1 aromatic rings. The Bertz CT molecular complexity index is 369. The summed E-state index contributed by atoms with van der Waals surface area (Å²) in [6.07, 6.45) is 0.0589. The van der Waals surface area contributed by atoms with Crippen LogP contribution in [0.15, 0.2) is 24.3 Å². The average molecular weight is 237 g/mol. The molecular formula is C14H20FNO. The number of hydrogen-bond acceptors (Lipinski definition) is 2. The van der Waals surface area contributed by atoms with Crippen molar-refractivity contribution in [1.82, 2.24) is 4.90 Å². The van der Waals surface area contributed by atoms with E-state index in [2.05, 4.69) is 25.7 Å². The van der Waals surface area contributed by atoms with Crippen molar-refractivity contribution >= 4 is 0 Å². The summed E-state index contributed by atoms with van der Waals surface area (Å²) in [6.45, 7) is 9.19. The third kappa shape index (κ3) is 3.05. The average Bonchev–Trinajstić information content (AvgIpc) is 2.29. The first-order valence-corrected chi connectivity index (χ1v) is 6.09. The van der Waals surface area contributed by atoms with Gasteiger partial charge in [0, 0.05) is 18.6 Å². The lowest BCUT2D eigenvalue weighted by Crippen LogP contribution is -2.48. The van der Waals surface area contributed by atoms with Crippen LogP contribution in [0.3, 0.4) is 0 Å². The maximum absolute atomic E-state index is 12.9. The van der Waals surface area contributed by atoms with Crippen molar-refractivity contribution < 1.29 is 9.13 Å². The van der Waals surface area contributed by atoms with Crippen molar-refractivity contribution in [3.63, 3.8) is 0 Å². The molecule has 0 bridgehead atoms. The highest BCUT2D eigenvalue weighted by atomic mass is 19.1. The smallest absolute Gasteiger partial charge is 0.123 e. The molecule has 2 rings (SSSR count). The molecule has 1 saturated heterocycles. The van der Waals surface area contributed by atoms with E-state index in [4.69, 9.17) is 4.74 Å². The molecule has 0 N–H and O–H groups in total. The van der Waals surface area contributed by atoms with Crippen LogP contribution in [0.4, 0.5) is 4.39 Å². The van der Waals surface area contributed by atoms with Gasteiger partial charge in [-0.1, -0.05) is 12.1 Å². The van der Waals surface area contributed by atoms with E-state index in [1.165, 1.54) is 12.1 Å². The molecule has 1 fully saturated rings. The van der Waals surface area contributed by atoms with Crippen LogP contribution in [0, 0.1) is 5.82 Å². The van der Waals surface area contributed by atoms with Gasteiger partial charge in [-0.2, -0.15) is 0 Å². The van der Waals surface area contributed by atoms with Gasteiger partial charge in [-0.25, -0.2) is 4.39 Å². The molecule has 1 aliphatic heterocycles. The van der Waals surface area contributed by atoms with Crippen LogP contribution < -0.4 is 0 Å². The van der Waals surface area contributed by atoms with Crippen LogP contribution >= 0.6 is 0 Å². The molecule has 1 aromatic carbocycles. The standard InChI is InChI=1S/C14H20FNO/c1-14(2,3)16-8-9-17-13(10-16)11-4-6-12(15)7-5-11/h4-7,13H,8-10H2,1-3H3/t13-/m1/s1. The van der Waals surface area contributed by atoms with Crippen LogP contribution in [0.2, 0.25) is 0 Å². The lowest BCUT2D eigenvalue weighted by Gasteiger charge is -2.41. The van der Waals surface area contributed by atoms with Crippen LogP contribution in [0.25, 0.3) is 0 Å². The zero-order chi connectivity index (χ0) is 12.5. The number of morpholine rings is 1. The van der Waals surface area contributed by atoms with E-state index in [1.807, 2.05) is 12.1 Å². The van der Waals surface area contributed by atoms with Gasteiger partial charge in [-0.05, 0) is 38.5 Å². The van der Waals surface area contributed by atoms with E-state index >= 15 is 0 Å². The van der Waals surface area contributed by atoms with Crippen molar-refractivity contribution in [2.24, 2.45) is 0 Å². The Labute approximate surface area is 102 Å². The van der Waals surface area contributed by atoms with Crippen molar-refractivity contribution in [2.75, 3.05) is 19.7 Å². The van der Waals surface area contributed by atoms with E-state index in [0.717, 1.165) is 25.3 Å². The minimum atomic E-state index is -0.197. The van der Waals surface area contributed by atoms with E-state index < -0.39 is 0 Å². The summed E-state index contributed by atoms with van der Waals surface area (Å²) >= 11 is 0. The summed E-state index contributed by atoms with van der Waals surface area (Å²) < 4.78 is 18.6. The monoisotopic (exact) mass is 237 g/mol. The Morgan fingerprint density at radius 3 is 2.47 bits per heavy atom. The third-order valence-electron chi connectivity index (χ3n) is 3.26. The van der Waals surface area contributed by atoms with Gasteiger partial charge in [0.15, 0.2) is 0 Å². The van der Waals surface area contributed by atoms with Crippen molar-refractivity contribution in [3.05, 3.63) is 35.6 Å². The molecule has 0 unspecified atom stereocenters. The van der Waals surface area contributed by atoms with Crippen molar-refractivity contribution in [2.45, 2.75) is 32.4 Å². The van der Waals surface area contributed by atoms with E-state index in [0.29, 0.717) is 0 Å². The summed E-state index contributed by atoms with van der Waals surface area (Å²) in [5.74, 6) is -0.197. The molecule has 1 aliphatic rings. The van der Waals surface area contributed by atoms with Gasteiger partial charge >= 0.3 is 0 Å². The number of rotatable bonds is 1. The Morgan fingerprint density at radius 1 is 1.24 bits per heavy atom. The van der Waals surface area contributed by atoms with Gasteiger partial charge < -0.3 is 4.74 Å². The molecule has 0 aromatic heterocycles. The van der Waals surface area contributed by atoms with E-state index in [-0.39, 0.29) is 17.5 Å². The highest BCUT2D eigenvalue weighted by Crippen LogP contribution is 2.26. The van der Waals surface area contributed by atoms with Gasteiger partial charge in [0.2, 0.25) is 0 Å². The summed E-state index contributed by atoms with van der Waals surface area (Å²) in [5, 5.41) is 0. The van der Waals surface area contributed by atoms with Gasteiger partial charge in [0.05, 0.1) is 12.7 Å². The molecular weight excluding hydrogens is 217 g/mol. The zero-order valence-electron chi connectivity index (χ0n) is 10.7. The van der Waals surface area contributed by atoms with E-state index in [1.54, 1.807) is 0 Å². The number of halogens is 1. The molecule has 3 heteroatoms. The maximum atomic E-state index is 12.9. The van der Waals surface area contributed by atoms with Gasteiger partial charge in [0.25, 0.3) is 0 Å². The Balaban J connectivity index is 2.09. The molecule has 1 heterocycles. The largest absolute Gasteiger partial charge is 0.371 e. The summed E-state index contributed by atoms with van der Waals surface area (Å²) in [4.78, 5) is 2.41. The molecule has 94 valence electrons. The van der Waals surface area contributed by atoms with Gasteiger partial charge in [-0.3, -0.25) is 4.90 Å². The van der Waals surface area contributed by atoms with E-state index in [9.17, 15) is 4.39 Å². The quantitative estimate of drug-likeness (QED) is 0.744. The lowest BCUT2D eigenvalue weighted by atomic mass is 10.0. The summed E-state index contributed by atoms with van der Waals surface area (Å²) in [5.41, 5.74) is 1.21. The fraction of sp³-hybridized carbons (Fsp3) is 0.571.